The zero-order valence-electron chi connectivity index (χ0n) is 12.7. The first-order chi connectivity index (χ1) is 11.5. The zero-order chi connectivity index (χ0) is 17.3. The van der Waals surface area contributed by atoms with Gasteiger partial charge in [-0.2, -0.15) is 0 Å². The van der Waals surface area contributed by atoms with Gasteiger partial charge < -0.3 is 15.0 Å². The predicted molar refractivity (Wildman–Crippen MR) is 80.8 cm³/mol. The molecule has 0 saturated carbocycles. The summed E-state index contributed by atoms with van der Waals surface area (Å²) in [4.78, 5) is 12.4. The predicted octanol–water partition coefficient (Wildman–Crippen LogP) is 2.41. The molecule has 126 valence electrons. The number of aliphatic hydroxyl groups excluding tert-OH is 1. The lowest BCUT2D eigenvalue weighted by Gasteiger charge is -2.13. The molecule has 0 aliphatic heterocycles. The molecule has 24 heavy (non-hydrogen) atoms. The summed E-state index contributed by atoms with van der Waals surface area (Å²) in [6.45, 7) is 2.54. The number of nitrogens with one attached hydrogen (secondary N) is 1. The van der Waals surface area contributed by atoms with Crippen molar-refractivity contribution in [2.45, 2.75) is 19.6 Å². The second-order valence-corrected chi connectivity index (χ2v) is 5.12. The van der Waals surface area contributed by atoms with Crippen LogP contribution in [-0.4, -0.2) is 31.2 Å². The average molecular weight is 337 g/mol. The number of hydrogen-bond acceptors (Lipinski definition) is 5. The van der Waals surface area contributed by atoms with Crippen LogP contribution in [0.3, 0.4) is 0 Å². The Morgan fingerprint density at radius 1 is 1.17 bits per heavy atom. The summed E-state index contributed by atoms with van der Waals surface area (Å²) in [6.07, 6.45) is 1.71. The number of fused-ring (bicyclic) bond motifs is 1. The van der Waals surface area contributed by atoms with Crippen LogP contribution < -0.4 is 5.32 Å². The fourth-order valence-corrected chi connectivity index (χ4v) is 2.32. The van der Waals surface area contributed by atoms with Gasteiger partial charge in [-0.25, -0.2) is 28.1 Å². The molecule has 9 heteroatoms. The monoisotopic (exact) mass is 337 g/mol. The van der Waals surface area contributed by atoms with Gasteiger partial charge >= 0.3 is 0 Å². The van der Waals surface area contributed by atoms with Crippen molar-refractivity contribution in [1.82, 2.24) is 19.5 Å². The summed E-state index contributed by atoms with van der Waals surface area (Å²) in [6, 6.07) is 1.51. The number of aromatic nitrogens is 4. The van der Waals surface area contributed by atoms with Crippen LogP contribution in [0, 0.1) is 17.5 Å². The molecule has 1 atom stereocenters. The van der Waals surface area contributed by atoms with Gasteiger partial charge in [-0.05, 0) is 24.6 Å². The maximum Gasteiger partial charge on any atom is 0.194 e. The second kappa shape index (κ2) is 6.44. The molecule has 1 aromatic carbocycles. The van der Waals surface area contributed by atoms with Gasteiger partial charge in [-0.3, -0.25) is 0 Å². The molecule has 6 nitrogen and oxygen atoms in total. The number of rotatable bonds is 5. The third-order valence-corrected chi connectivity index (χ3v) is 3.60. The highest BCUT2D eigenvalue weighted by Gasteiger charge is 2.16. The van der Waals surface area contributed by atoms with E-state index in [2.05, 4.69) is 20.3 Å². The molecule has 0 aliphatic carbocycles. The van der Waals surface area contributed by atoms with E-state index < -0.39 is 23.6 Å². The summed E-state index contributed by atoms with van der Waals surface area (Å²) in [5.41, 5.74) is 1.06. The van der Waals surface area contributed by atoms with Crippen molar-refractivity contribution in [3.63, 3.8) is 0 Å². The number of anilines is 1. The summed E-state index contributed by atoms with van der Waals surface area (Å²) in [7, 11) is 0. The summed E-state index contributed by atoms with van der Waals surface area (Å²) < 4.78 is 41.3. The Labute approximate surface area is 135 Å². The van der Waals surface area contributed by atoms with Crippen molar-refractivity contribution in [2.75, 3.05) is 11.9 Å². The number of hydrogen-bond donors (Lipinski definition) is 2. The fourth-order valence-electron chi connectivity index (χ4n) is 2.32. The Morgan fingerprint density at radius 3 is 2.54 bits per heavy atom. The average Bonchev–Trinajstić information content (AvgIpc) is 3.00. The highest BCUT2D eigenvalue weighted by molar-refractivity contribution is 5.82. The second-order valence-electron chi connectivity index (χ2n) is 5.12. The number of aliphatic hydroxyl groups is 1. The molecule has 0 saturated heterocycles. The molecule has 0 amide bonds. The molecule has 2 heterocycles. The van der Waals surface area contributed by atoms with Crippen LogP contribution in [0.4, 0.5) is 19.0 Å². The molecule has 0 spiro atoms. The van der Waals surface area contributed by atoms with E-state index in [1.54, 1.807) is 6.33 Å². The van der Waals surface area contributed by atoms with Gasteiger partial charge in [0.2, 0.25) is 0 Å². The standard InChI is InChI=1S/C15H14F3N5O/c1-2-23-7-22-13-14(20-6-21-15(13)23)19-5-11(24)8-3-9(16)12(18)10(17)4-8/h3-4,6-7,11,24H,2,5H2,1H3,(H,19,20,21). The Morgan fingerprint density at radius 2 is 1.88 bits per heavy atom. The number of halogens is 3. The van der Waals surface area contributed by atoms with Gasteiger partial charge in [0.05, 0.1) is 12.4 Å². The van der Waals surface area contributed by atoms with Crippen LogP contribution in [-0.2, 0) is 6.54 Å². The Balaban J connectivity index is 1.80. The topological polar surface area (TPSA) is 75.9 Å². The van der Waals surface area contributed by atoms with Crippen molar-refractivity contribution in [3.8, 4) is 0 Å². The SMILES string of the molecule is CCn1cnc2c(NCC(O)c3cc(F)c(F)c(F)c3)ncnc21. The normalized spacial score (nSPS) is 12.5. The number of nitrogens with zero attached hydrogens (tertiary/aromatic N) is 4. The fraction of sp³-hybridized carbons (Fsp3) is 0.267. The van der Waals surface area contributed by atoms with Gasteiger partial charge in [-0.15, -0.1) is 0 Å². The van der Waals surface area contributed by atoms with Gasteiger partial charge in [0, 0.05) is 13.1 Å². The van der Waals surface area contributed by atoms with E-state index >= 15 is 0 Å². The van der Waals surface area contributed by atoms with E-state index in [0.29, 0.717) is 23.5 Å². The molecule has 0 bridgehead atoms. The lowest BCUT2D eigenvalue weighted by Crippen LogP contribution is -2.14. The highest BCUT2D eigenvalue weighted by atomic mass is 19.2. The van der Waals surface area contributed by atoms with Gasteiger partial charge in [0.1, 0.15) is 11.8 Å². The maximum atomic E-state index is 13.2. The quantitative estimate of drug-likeness (QED) is 0.699. The first kappa shape index (κ1) is 16.2. The van der Waals surface area contributed by atoms with E-state index in [1.807, 2.05) is 11.5 Å². The van der Waals surface area contributed by atoms with E-state index in [0.717, 1.165) is 12.1 Å². The molecule has 2 N–H and O–H groups in total. The molecule has 0 fully saturated rings. The van der Waals surface area contributed by atoms with E-state index in [-0.39, 0.29) is 12.1 Å². The van der Waals surface area contributed by atoms with Crippen molar-refractivity contribution < 1.29 is 18.3 Å². The maximum absolute atomic E-state index is 13.2. The third kappa shape index (κ3) is 2.90. The summed E-state index contributed by atoms with van der Waals surface area (Å²) in [5.74, 6) is -3.89. The van der Waals surface area contributed by atoms with Crippen molar-refractivity contribution >= 4 is 17.0 Å². The molecule has 3 rings (SSSR count). The largest absolute Gasteiger partial charge is 0.387 e. The summed E-state index contributed by atoms with van der Waals surface area (Å²) >= 11 is 0. The Kier molecular flexibility index (Phi) is 4.34. The van der Waals surface area contributed by atoms with Crippen LogP contribution in [0.1, 0.15) is 18.6 Å². The Bertz CT molecular complexity index is 860. The zero-order valence-corrected chi connectivity index (χ0v) is 12.7. The van der Waals surface area contributed by atoms with E-state index in [1.165, 1.54) is 6.33 Å². The van der Waals surface area contributed by atoms with Crippen LogP contribution in [0.25, 0.3) is 11.2 Å². The first-order valence-corrected chi connectivity index (χ1v) is 7.23. The summed E-state index contributed by atoms with van der Waals surface area (Å²) in [5, 5.41) is 12.9. The first-order valence-electron chi connectivity index (χ1n) is 7.23. The van der Waals surface area contributed by atoms with Crippen LogP contribution in [0.5, 0.6) is 0 Å². The third-order valence-electron chi connectivity index (χ3n) is 3.60. The smallest absolute Gasteiger partial charge is 0.194 e. The van der Waals surface area contributed by atoms with Crippen molar-refractivity contribution in [1.29, 1.82) is 0 Å². The van der Waals surface area contributed by atoms with Gasteiger partial charge in [0.25, 0.3) is 0 Å². The van der Waals surface area contributed by atoms with E-state index in [4.69, 9.17) is 0 Å². The van der Waals surface area contributed by atoms with Gasteiger partial charge in [0.15, 0.2) is 28.9 Å². The molecule has 3 aromatic rings. The Hall–Kier alpha value is -2.68. The highest BCUT2D eigenvalue weighted by Crippen LogP contribution is 2.21. The van der Waals surface area contributed by atoms with Crippen molar-refractivity contribution in [2.24, 2.45) is 0 Å². The lowest BCUT2D eigenvalue weighted by molar-refractivity contribution is 0.190. The lowest BCUT2D eigenvalue weighted by atomic mass is 10.1. The minimum Gasteiger partial charge on any atom is -0.387 e. The van der Waals surface area contributed by atoms with E-state index in [9.17, 15) is 18.3 Å². The minimum absolute atomic E-state index is 0.0803. The molecular formula is C15H14F3N5O. The van der Waals surface area contributed by atoms with Crippen molar-refractivity contribution in [3.05, 3.63) is 47.8 Å². The molecule has 0 aliphatic rings. The molecule has 1 unspecified atom stereocenters. The van der Waals surface area contributed by atoms with Crippen LogP contribution in [0.2, 0.25) is 0 Å². The number of aryl methyl sites for hydroxylation is 1. The van der Waals surface area contributed by atoms with Gasteiger partial charge in [-0.1, -0.05) is 0 Å². The van der Waals surface area contributed by atoms with Crippen LogP contribution in [0.15, 0.2) is 24.8 Å². The molecule has 0 radical (unpaired) electrons. The minimum atomic E-state index is -1.57. The molecule has 2 aromatic heterocycles. The van der Waals surface area contributed by atoms with Crippen LogP contribution >= 0.6 is 0 Å². The number of benzene rings is 1. The number of imidazole rings is 1. The molecular weight excluding hydrogens is 323 g/mol.